The summed E-state index contributed by atoms with van der Waals surface area (Å²) in [6.07, 6.45) is 4.74. The van der Waals surface area contributed by atoms with E-state index in [-0.39, 0.29) is 23.8 Å². The smallest absolute Gasteiger partial charge is 0.245 e. The van der Waals surface area contributed by atoms with Crippen LogP contribution in [0.3, 0.4) is 0 Å². The Morgan fingerprint density at radius 1 is 1.18 bits per heavy atom. The number of benzene rings is 1. The number of carbonyl (C=O) groups is 2. The minimum Gasteiger partial charge on any atom is -0.341 e. The quantitative estimate of drug-likeness (QED) is 0.819. The molecule has 2 aliphatic rings. The Balaban J connectivity index is 1.73. The summed E-state index contributed by atoms with van der Waals surface area (Å²) >= 11 is 0. The Kier molecular flexibility index (Phi) is 7.11. The first-order chi connectivity index (χ1) is 13.5. The number of likely N-dealkylation sites (tertiary alicyclic amines) is 1. The molecule has 0 aromatic heterocycles. The number of nitrogens with zero attached hydrogens (tertiary/aromatic N) is 2. The molecule has 2 heterocycles. The molecule has 2 aliphatic heterocycles. The molecule has 28 heavy (non-hydrogen) atoms. The van der Waals surface area contributed by atoms with Gasteiger partial charge in [0.25, 0.3) is 0 Å². The van der Waals surface area contributed by atoms with Gasteiger partial charge in [-0.2, -0.15) is 0 Å². The van der Waals surface area contributed by atoms with Gasteiger partial charge in [-0.25, -0.2) is 0 Å². The normalized spacial score (nSPS) is 21.3. The Hall–Kier alpha value is -1.88. The highest BCUT2D eigenvalue weighted by Crippen LogP contribution is 2.28. The van der Waals surface area contributed by atoms with Crippen molar-refractivity contribution >= 4 is 11.8 Å². The molecule has 1 aromatic carbocycles. The lowest BCUT2D eigenvalue weighted by Gasteiger charge is -2.41. The second-order valence-electron chi connectivity index (χ2n) is 8.42. The third kappa shape index (κ3) is 4.57. The number of amides is 2. The summed E-state index contributed by atoms with van der Waals surface area (Å²) in [5, 5.41) is 3.22. The van der Waals surface area contributed by atoms with Crippen LogP contribution in [0.1, 0.15) is 50.7 Å². The second kappa shape index (κ2) is 9.55. The summed E-state index contributed by atoms with van der Waals surface area (Å²) in [6.45, 7) is 7.22. The Bertz CT molecular complexity index is 682. The molecule has 154 valence electrons. The van der Waals surface area contributed by atoms with Crippen LogP contribution in [-0.4, -0.2) is 54.3 Å². The van der Waals surface area contributed by atoms with Gasteiger partial charge in [0.1, 0.15) is 6.04 Å². The molecule has 0 saturated carbocycles. The van der Waals surface area contributed by atoms with Crippen LogP contribution in [0.5, 0.6) is 0 Å². The molecule has 0 aliphatic carbocycles. The van der Waals surface area contributed by atoms with Crippen LogP contribution in [0.4, 0.5) is 0 Å². The van der Waals surface area contributed by atoms with Crippen LogP contribution in [0.15, 0.2) is 24.3 Å². The van der Waals surface area contributed by atoms with E-state index in [1.807, 2.05) is 42.8 Å². The number of hydrogen-bond donors (Lipinski definition) is 1. The van der Waals surface area contributed by atoms with E-state index in [0.717, 1.165) is 38.9 Å². The van der Waals surface area contributed by atoms with Crippen molar-refractivity contribution in [3.63, 3.8) is 0 Å². The number of piperidine rings is 1. The zero-order chi connectivity index (χ0) is 20.1. The van der Waals surface area contributed by atoms with Crippen LogP contribution in [-0.2, 0) is 22.6 Å². The van der Waals surface area contributed by atoms with Crippen LogP contribution in [0.25, 0.3) is 0 Å². The Morgan fingerprint density at radius 2 is 1.86 bits per heavy atom. The van der Waals surface area contributed by atoms with Gasteiger partial charge in [0, 0.05) is 32.0 Å². The molecule has 1 aromatic rings. The number of fused-ring (bicyclic) bond motifs is 1. The van der Waals surface area contributed by atoms with Gasteiger partial charge in [0.05, 0.1) is 0 Å². The molecular weight excluding hydrogens is 350 g/mol. The number of carbonyl (C=O) groups excluding carboxylic acids is 2. The summed E-state index contributed by atoms with van der Waals surface area (Å²) in [5.41, 5.74) is 2.38. The van der Waals surface area contributed by atoms with Crippen molar-refractivity contribution in [2.24, 2.45) is 11.8 Å². The average Bonchev–Trinajstić information content (AvgIpc) is 2.75. The SMILES string of the molecule is CCC(C)C(=O)N1Cc2ccccc2CC1C(=O)N1CCC(CCNC)CC1. The first kappa shape index (κ1) is 20.8. The summed E-state index contributed by atoms with van der Waals surface area (Å²) in [4.78, 5) is 30.3. The van der Waals surface area contributed by atoms with Crippen LogP contribution < -0.4 is 5.32 Å². The van der Waals surface area contributed by atoms with E-state index >= 15 is 0 Å². The molecule has 0 bridgehead atoms. The van der Waals surface area contributed by atoms with Crippen LogP contribution >= 0.6 is 0 Å². The zero-order valence-electron chi connectivity index (χ0n) is 17.6. The number of nitrogens with one attached hydrogen (secondary N) is 1. The summed E-state index contributed by atoms with van der Waals surface area (Å²) < 4.78 is 0. The van der Waals surface area contributed by atoms with Crippen molar-refractivity contribution in [3.05, 3.63) is 35.4 Å². The molecule has 0 spiro atoms. The molecule has 1 fully saturated rings. The van der Waals surface area contributed by atoms with Crippen molar-refractivity contribution in [3.8, 4) is 0 Å². The first-order valence-corrected chi connectivity index (χ1v) is 10.9. The van der Waals surface area contributed by atoms with Gasteiger partial charge >= 0.3 is 0 Å². The van der Waals surface area contributed by atoms with E-state index in [0.29, 0.717) is 18.9 Å². The van der Waals surface area contributed by atoms with Crippen molar-refractivity contribution in [1.29, 1.82) is 0 Å². The van der Waals surface area contributed by atoms with Crippen molar-refractivity contribution in [1.82, 2.24) is 15.1 Å². The fourth-order valence-electron chi connectivity index (χ4n) is 4.43. The predicted octanol–water partition coefficient (Wildman–Crippen LogP) is 2.83. The van der Waals surface area contributed by atoms with Gasteiger partial charge in [-0.1, -0.05) is 38.1 Å². The summed E-state index contributed by atoms with van der Waals surface area (Å²) in [6, 6.07) is 7.87. The van der Waals surface area contributed by atoms with Crippen molar-refractivity contribution < 1.29 is 9.59 Å². The Morgan fingerprint density at radius 3 is 2.50 bits per heavy atom. The number of hydrogen-bond acceptors (Lipinski definition) is 3. The maximum absolute atomic E-state index is 13.4. The van der Waals surface area contributed by atoms with E-state index in [4.69, 9.17) is 0 Å². The zero-order valence-corrected chi connectivity index (χ0v) is 17.6. The highest BCUT2D eigenvalue weighted by Gasteiger charge is 2.38. The lowest BCUT2D eigenvalue weighted by molar-refractivity contribution is -0.150. The molecule has 1 N–H and O–H groups in total. The average molecular weight is 386 g/mol. The van der Waals surface area contributed by atoms with Crippen LogP contribution in [0, 0.1) is 11.8 Å². The third-order valence-corrected chi connectivity index (χ3v) is 6.58. The monoisotopic (exact) mass is 385 g/mol. The molecule has 5 heteroatoms. The van der Waals surface area contributed by atoms with E-state index in [1.54, 1.807) is 0 Å². The molecule has 5 nitrogen and oxygen atoms in total. The van der Waals surface area contributed by atoms with E-state index in [1.165, 1.54) is 17.5 Å². The van der Waals surface area contributed by atoms with Gasteiger partial charge in [-0.15, -0.1) is 0 Å². The molecular formula is C23H35N3O2. The van der Waals surface area contributed by atoms with Gasteiger partial charge in [0.15, 0.2) is 0 Å². The van der Waals surface area contributed by atoms with Crippen molar-refractivity contribution in [2.45, 2.75) is 58.5 Å². The summed E-state index contributed by atoms with van der Waals surface area (Å²) in [7, 11) is 1.99. The fraction of sp³-hybridized carbons (Fsp3) is 0.652. The first-order valence-electron chi connectivity index (χ1n) is 10.9. The third-order valence-electron chi connectivity index (χ3n) is 6.58. The highest BCUT2D eigenvalue weighted by atomic mass is 16.2. The summed E-state index contributed by atoms with van der Waals surface area (Å²) in [5.74, 6) is 0.895. The van der Waals surface area contributed by atoms with E-state index in [9.17, 15) is 9.59 Å². The second-order valence-corrected chi connectivity index (χ2v) is 8.42. The van der Waals surface area contributed by atoms with Crippen molar-refractivity contribution in [2.75, 3.05) is 26.7 Å². The fourth-order valence-corrected chi connectivity index (χ4v) is 4.43. The standard InChI is InChI=1S/C23H35N3O2/c1-4-17(2)22(27)26-16-20-8-6-5-7-19(20)15-21(26)23(28)25-13-10-18(11-14-25)9-12-24-3/h5-8,17-18,21,24H,4,9-16H2,1-3H3. The minimum absolute atomic E-state index is 0.0483. The van der Waals surface area contributed by atoms with Crippen LogP contribution in [0.2, 0.25) is 0 Å². The Labute approximate surface area is 169 Å². The maximum atomic E-state index is 13.4. The van der Waals surface area contributed by atoms with Gasteiger partial charge in [-0.3, -0.25) is 9.59 Å². The van der Waals surface area contributed by atoms with E-state index in [2.05, 4.69) is 17.4 Å². The predicted molar refractivity (Wildman–Crippen MR) is 112 cm³/mol. The van der Waals surface area contributed by atoms with Gasteiger partial charge in [-0.05, 0) is 56.3 Å². The lowest BCUT2D eigenvalue weighted by Crippen LogP contribution is -2.55. The minimum atomic E-state index is -0.356. The highest BCUT2D eigenvalue weighted by molar-refractivity contribution is 5.89. The molecule has 0 radical (unpaired) electrons. The molecule has 1 saturated heterocycles. The van der Waals surface area contributed by atoms with E-state index < -0.39 is 0 Å². The molecule has 2 amide bonds. The van der Waals surface area contributed by atoms with Gasteiger partial charge < -0.3 is 15.1 Å². The number of rotatable bonds is 6. The largest absolute Gasteiger partial charge is 0.341 e. The molecule has 3 rings (SSSR count). The lowest BCUT2D eigenvalue weighted by atomic mass is 9.90. The molecule has 2 atom stereocenters. The molecule has 2 unspecified atom stereocenters. The topological polar surface area (TPSA) is 52.7 Å². The maximum Gasteiger partial charge on any atom is 0.245 e. The van der Waals surface area contributed by atoms with Gasteiger partial charge in [0.2, 0.25) is 11.8 Å².